The van der Waals surface area contributed by atoms with Crippen LogP contribution in [0.5, 0.6) is 0 Å². The van der Waals surface area contributed by atoms with E-state index < -0.39 is 11.6 Å². The molecule has 1 aliphatic rings. The molecule has 1 unspecified atom stereocenters. The third kappa shape index (κ3) is 3.40. The number of carboxylic acid groups (broad SMARTS) is 1. The average Bonchev–Trinajstić information content (AvgIpc) is 2.39. The van der Waals surface area contributed by atoms with Crippen LogP contribution in [0.3, 0.4) is 0 Å². The molecule has 1 aliphatic heterocycles. The van der Waals surface area contributed by atoms with Gasteiger partial charge in [0.15, 0.2) is 0 Å². The second kappa shape index (κ2) is 4.72. The van der Waals surface area contributed by atoms with Gasteiger partial charge in [-0.1, -0.05) is 13.8 Å². The maximum absolute atomic E-state index is 11.5. The summed E-state index contributed by atoms with van der Waals surface area (Å²) in [5.41, 5.74) is -0.648. The molecule has 1 rings (SSSR count). The summed E-state index contributed by atoms with van der Waals surface area (Å²) >= 11 is 0. The second-order valence-electron chi connectivity index (χ2n) is 4.99. The van der Waals surface area contributed by atoms with E-state index in [1.807, 2.05) is 13.8 Å². The monoisotopic (exact) mass is 229 g/mol. The summed E-state index contributed by atoms with van der Waals surface area (Å²) in [6, 6.07) is 0. The largest absolute Gasteiger partial charge is 0.481 e. The number of hydrogen-bond donors (Lipinski definition) is 1. The Kier molecular flexibility index (Phi) is 3.78. The van der Waals surface area contributed by atoms with Gasteiger partial charge in [0.05, 0.1) is 6.54 Å². The van der Waals surface area contributed by atoms with Crippen molar-refractivity contribution in [3.8, 4) is 0 Å². The normalized spacial score (nSPS) is 25.0. The Morgan fingerprint density at radius 2 is 2.25 bits per heavy atom. The zero-order valence-corrected chi connectivity index (χ0v) is 10.0. The molecule has 5 nitrogen and oxygen atoms in total. The molecule has 0 aromatic carbocycles. The van der Waals surface area contributed by atoms with Crippen LogP contribution in [0.25, 0.3) is 0 Å². The lowest BCUT2D eigenvalue weighted by Gasteiger charge is -2.21. The predicted octanol–water partition coefficient (Wildman–Crippen LogP) is 1.72. The Morgan fingerprint density at radius 1 is 1.62 bits per heavy atom. The highest BCUT2D eigenvalue weighted by atomic mass is 16.6. The lowest BCUT2D eigenvalue weighted by atomic mass is 10.00. The van der Waals surface area contributed by atoms with Crippen molar-refractivity contribution < 1.29 is 19.4 Å². The number of rotatable bonds is 5. The van der Waals surface area contributed by atoms with Gasteiger partial charge in [-0.05, 0) is 19.3 Å². The summed E-state index contributed by atoms with van der Waals surface area (Å²) in [6.45, 7) is 6.98. The zero-order valence-electron chi connectivity index (χ0n) is 10.0. The Bertz CT molecular complexity index is 290. The highest BCUT2D eigenvalue weighted by Crippen LogP contribution is 2.27. The fourth-order valence-electron chi connectivity index (χ4n) is 1.86. The van der Waals surface area contributed by atoms with Crippen LogP contribution in [0.4, 0.5) is 4.79 Å². The van der Waals surface area contributed by atoms with Crippen molar-refractivity contribution in [2.75, 3.05) is 13.1 Å². The van der Waals surface area contributed by atoms with Crippen LogP contribution in [0.1, 0.15) is 33.6 Å². The molecule has 0 bridgehead atoms. The van der Waals surface area contributed by atoms with Crippen LogP contribution in [-0.4, -0.2) is 40.8 Å². The zero-order chi connectivity index (χ0) is 12.3. The van der Waals surface area contributed by atoms with Crippen molar-refractivity contribution in [3.63, 3.8) is 0 Å². The number of ether oxygens (including phenoxy) is 1. The van der Waals surface area contributed by atoms with E-state index in [9.17, 15) is 9.59 Å². The molecule has 1 atom stereocenters. The van der Waals surface area contributed by atoms with Gasteiger partial charge >= 0.3 is 12.1 Å². The van der Waals surface area contributed by atoms with Crippen molar-refractivity contribution in [2.45, 2.75) is 39.2 Å². The maximum Gasteiger partial charge on any atom is 0.410 e. The van der Waals surface area contributed by atoms with Gasteiger partial charge in [-0.2, -0.15) is 0 Å². The Hall–Kier alpha value is -1.26. The van der Waals surface area contributed by atoms with E-state index in [0.717, 1.165) is 0 Å². The lowest BCUT2D eigenvalue weighted by molar-refractivity contribution is -0.138. The summed E-state index contributed by atoms with van der Waals surface area (Å²) in [5.74, 6) is -0.478. The third-order valence-corrected chi connectivity index (χ3v) is 2.57. The smallest absolute Gasteiger partial charge is 0.410 e. The molecular weight excluding hydrogens is 210 g/mol. The maximum atomic E-state index is 11.5. The first kappa shape index (κ1) is 12.8. The molecule has 92 valence electrons. The fraction of sp³-hybridized carbons (Fsp3) is 0.818. The van der Waals surface area contributed by atoms with E-state index in [1.165, 1.54) is 0 Å². The molecule has 1 saturated heterocycles. The standard InChI is InChI=1S/C11H19NO4/c1-8(2)6-12-7-11(3,16-10(12)15)5-4-9(13)14/h8H,4-7H2,1-3H3,(H,13,14). The topological polar surface area (TPSA) is 66.8 Å². The molecule has 0 radical (unpaired) electrons. The van der Waals surface area contributed by atoms with E-state index in [0.29, 0.717) is 25.4 Å². The molecule has 1 amide bonds. The number of carbonyl (C=O) groups is 2. The summed E-state index contributed by atoms with van der Waals surface area (Å²) in [6.07, 6.45) is 0.0590. The molecular formula is C11H19NO4. The van der Waals surface area contributed by atoms with Crippen LogP contribution in [0.2, 0.25) is 0 Å². The number of cyclic esters (lactones) is 1. The highest BCUT2D eigenvalue weighted by molar-refractivity contribution is 5.71. The summed E-state index contributed by atoms with van der Waals surface area (Å²) < 4.78 is 5.24. The van der Waals surface area contributed by atoms with Crippen molar-refractivity contribution in [1.82, 2.24) is 4.90 Å². The summed E-state index contributed by atoms with van der Waals surface area (Å²) in [7, 11) is 0. The summed E-state index contributed by atoms with van der Waals surface area (Å²) in [5, 5.41) is 8.61. The quantitative estimate of drug-likeness (QED) is 0.779. The van der Waals surface area contributed by atoms with Gasteiger partial charge in [-0.15, -0.1) is 0 Å². The Labute approximate surface area is 95.4 Å². The highest BCUT2D eigenvalue weighted by Gasteiger charge is 2.41. The molecule has 0 spiro atoms. The number of amides is 1. The van der Waals surface area contributed by atoms with Crippen molar-refractivity contribution in [1.29, 1.82) is 0 Å². The second-order valence-corrected chi connectivity index (χ2v) is 4.99. The summed E-state index contributed by atoms with van der Waals surface area (Å²) in [4.78, 5) is 23.7. The van der Waals surface area contributed by atoms with E-state index in [2.05, 4.69) is 0 Å². The first-order valence-electron chi connectivity index (χ1n) is 5.52. The van der Waals surface area contributed by atoms with Gasteiger partial charge in [0.2, 0.25) is 0 Å². The number of hydrogen-bond acceptors (Lipinski definition) is 3. The van der Waals surface area contributed by atoms with E-state index in [-0.39, 0.29) is 12.5 Å². The molecule has 16 heavy (non-hydrogen) atoms. The molecule has 1 N–H and O–H groups in total. The Balaban J connectivity index is 2.53. The van der Waals surface area contributed by atoms with Gasteiger partial charge in [0.25, 0.3) is 0 Å². The number of aliphatic carboxylic acids is 1. The van der Waals surface area contributed by atoms with Gasteiger partial charge in [-0.3, -0.25) is 4.79 Å². The van der Waals surface area contributed by atoms with E-state index in [4.69, 9.17) is 9.84 Å². The van der Waals surface area contributed by atoms with Gasteiger partial charge < -0.3 is 14.7 Å². The SMILES string of the molecule is CC(C)CN1CC(C)(CCC(=O)O)OC1=O. The number of carbonyl (C=O) groups excluding carboxylic acids is 1. The minimum atomic E-state index is -0.861. The number of carboxylic acids is 1. The van der Waals surface area contributed by atoms with Gasteiger partial charge in [0.1, 0.15) is 5.60 Å². The molecule has 0 saturated carbocycles. The molecule has 1 heterocycles. The molecule has 0 aromatic rings. The minimum absolute atomic E-state index is 0.0271. The lowest BCUT2D eigenvalue weighted by Crippen LogP contribution is -2.33. The van der Waals surface area contributed by atoms with Crippen LogP contribution >= 0.6 is 0 Å². The van der Waals surface area contributed by atoms with Crippen molar-refractivity contribution in [2.24, 2.45) is 5.92 Å². The molecule has 1 fully saturated rings. The van der Waals surface area contributed by atoms with Gasteiger partial charge in [0, 0.05) is 13.0 Å². The molecule has 0 aliphatic carbocycles. The minimum Gasteiger partial charge on any atom is -0.481 e. The first-order chi connectivity index (χ1) is 7.32. The molecule has 0 aromatic heterocycles. The predicted molar refractivity (Wildman–Crippen MR) is 58.2 cm³/mol. The van der Waals surface area contributed by atoms with Crippen molar-refractivity contribution >= 4 is 12.1 Å². The van der Waals surface area contributed by atoms with E-state index >= 15 is 0 Å². The van der Waals surface area contributed by atoms with Crippen LogP contribution in [0.15, 0.2) is 0 Å². The first-order valence-corrected chi connectivity index (χ1v) is 5.52. The fourth-order valence-corrected chi connectivity index (χ4v) is 1.86. The van der Waals surface area contributed by atoms with Crippen LogP contribution in [-0.2, 0) is 9.53 Å². The van der Waals surface area contributed by atoms with Crippen molar-refractivity contribution in [3.05, 3.63) is 0 Å². The molecule has 5 heteroatoms. The van der Waals surface area contributed by atoms with Crippen LogP contribution < -0.4 is 0 Å². The van der Waals surface area contributed by atoms with Crippen LogP contribution in [0, 0.1) is 5.92 Å². The third-order valence-electron chi connectivity index (χ3n) is 2.57. The van der Waals surface area contributed by atoms with E-state index in [1.54, 1.807) is 11.8 Å². The number of nitrogens with zero attached hydrogens (tertiary/aromatic N) is 1. The average molecular weight is 229 g/mol. The van der Waals surface area contributed by atoms with Gasteiger partial charge in [-0.25, -0.2) is 4.79 Å². The Morgan fingerprint density at radius 3 is 2.75 bits per heavy atom.